The Balaban J connectivity index is 1.26. The number of carbonyl (C=O) groups excluding carboxylic acids is 1. The van der Waals surface area contributed by atoms with E-state index < -0.39 is 11.2 Å². The first-order chi connectivity index (χ1) is 18.4. The lowest BCUT2D eigenvalue weighted by Crippen LogP contribution is -2.41. The molecule has 0 bridgehead atoms. The standard InChI is InChI=1S/C30H36N4O3S/c1-3-38(37)23-11-6-20(7-12-23)17-31-29(36)34-18-30(14-4-5-15-30)24-16-22(10-13-25(24)34)26-27(21-8-9-21)32-19(2)33-28(26)35/h6-7,10-13,16,19,21,32H,3-5,8-9,14-15,17-18H2,1-2H3,(H,31,36)(H,33,35). The predicted octanol–water partition coefficient (Wildman–Crippen LogP) is 5.38. The fourth-order valence-electron chi connectivity index (χ4n) is 6.36. The van der Waals surface area contributed by atoms with Gasteiger partial charge in [-0.3, -0.25) is 4.90 Å². The average Bonchev–Trinajstić information content (AvgIpc) is 3.59. The first kappa shape index (κ1) is 25.3. The molecule has 2 fully saturated rings. The van der Waals surface area contributed by atoms with Gasteiger partial charge in [0, 0.05) is 29.9 Å². The molecular weight excluding hydrogens is 496 g/mol. The van der Waals surface area contributed by atoms with Crippen LogP contribution in [0.15, 0.2) is 58.0 Å². The third-order valence-corrected chi connectivity index (χ3v) is 9.79. The summed E-state index contributed by atoms with van der Waals surface area (Å²) in [5.41, 5.74) is 6.01. The fourth-order valence-corrected chi connectivity index (χ4v) is 7.13. The van der Waals surface area contributed by atoms with Gasteiger partial charge in [-0.05, 0) is 97.6 Å². The van der Waals surface area contributed by atoms with Gasteiger partial charge in [0.1, 0.15) is 11.9 Å². The van der Waals surface area contributed by atoms with Crippen LogP contribution < -0.4 is 15.5 Å². The normalized spacial score (nSPS) is 22.8. The molecule has 6 rings (SSSR count). The van der Waals surface area contributed by atoms with Crippen LogP contribution in [0.4, 0.5) is 10.5 Å². The van der Waals surface area contributed by atoms with E-state index in [-0.39, 0.29) is 23.5 Å². The van der Waals surface area contributed by atoms with E-state index in [9.17, 15) is 14.5 Å². The highest BCUT2D eigenvalue weighted by Crippen LogP contribution is 2.51. The van der Waals surface area contributed by atoms with E-state index in [1.807, 2.05) is 49.1 Å². The van der Waals surface area contributed by atoms with Crippen molar-refractivity contribution in [1.29, 1.82) is 0 Å². The van der Waals surface area contributed by atoms with Gasteiger partial charge >= 0.3 is 6.03 Å². The largest absolute Gasteiger partial charge is 0.611 e. The molecule has 4 aliphatic rings. The molecule has 2 unspecified atom stereocenters. The third-order valence-electron chi connectivity index (χ3n) is 8.47. The molecule has 7 nitrogen and oxygen atoms in total. The summed E-state index contributed by atoms with van der Waals surface area (Å²) in [6, 6.07) is 13.8. The first-order valence-corrected chi connectivity index (χ1v) is 15.2. The molecule has 2 aliphatic carbocycles. The van der Waals surface area contributed by atoms with Gasteiger partial charge in [0.05, 0.1) is 5.57 Å². The van der Waals surface area contributed by atoms with E-state index in [1.165, 1.54) is 5.56 Å². The highest BCUT2D eigenvalue weighted by atomic mass is 32.2. The molecule has 0 radical (unpaired) electrons. The molecule has 200 valence electrons. The zero-order chi connectivity index (χ0) is 26.4. The number of fused-ring (bicyclic) bond motifs is 2. The molecule has 2 aromatic rings. The summed E-state index contributed by atoms with van der Waals surface area (Å²) in [6.07, 6.45) is 6.58. The molecule has 0 saturated heterocycles. The SMILES string of the molecule is CC[S+]([O-])c1ccc(CNC(=O)N2CC3(CCCC3)c3cc(C4=C(C5CC5)NC(C)N=C4O)ccc32)cc1. The number of amides is 2. The summed E-state index contributed by atoms with van der Waals surface area (Å²) < 4.78 is 12.0. The average molecular weight is 533 g/mol. The molecule has 8 heteroatoms. The second-order valence-corrected chi connectivity index (χ2v) is 12.8. The van der Waals surface area contributed by atoms with Gasteiger partial charge in [-0.2, -0.15) is 0 Å². The van der Waals surface area contributed by atoms with E-state index in [4.69, 9.17) is 0 Å². The van der Waals surface area contributed by atoms with Crippen LogP contribution in [0.25, 0.3) is 5.57 Å². The van der Waals surface area contributed by atoms with Gasteiger partial charge in [-0.25, -0.2) is 9.79 Å². The third kappa shape index (κ3) is 4.58. The van der Waals surface area contributed by atoms with Crippen LogP contribution in [0.2, 0.25) is 0 Å². The first-order valence-electron chi connectivity index (χ1n) is 13.8. The Hall–Kier alpha value is -2.97. The van der Waals surface area contributed by atoms with Crippen LogP contribution in [0, 0.1) is 5.92 Å². The van der Waals surface area contributed by atoms with E-state index in [1.54, 1.807) is 0 Å². The number of nitrogens with zero attached hydrogens (tertiary/aromatic N) is 2. The highest BCUT2D eigenvalue weighted by molar-refractivity contribution is 7.91. The molecule has 2 saturated carbocycles. The number of aliphatic hydroxyl groups is 1. The second kappa shape index (κ2) is 9.97. The minimum absolute atomic E-state index is 0.0446. The molecule has 2 aromatic carbocycles. The Morgan fingerprint density at radius 3 is 2.63 bits per heavy atom. The Labute approximate surface area is 227 Å². The molecular formula is C30H36N4O3S. The van der Waals surface area contributed by atoms with E-state index >= 15 is 0 Å². The van der Waals surface area contributed by atoms with Crippen molar-refractivity contribution >= 4 is 34.4 Å². The Morgan fingerprint density at radius 1 is 1.21 bits per heavy atom. The van der Waals surface area contributed by atoms with Crippen molar-refractivity contribution < 1.29 is 14.5 Å². The van der Waals surface area contributed by atoms with Crippen molar-refractivity contribution in [2.45, 2.75) is 75.4 Å². The van der Waals surface area contributed by atoms with Gasteiger partial charge in [0.25, 0.3) is 0 Å². The number of rotatable bonds is 6. The van der Waals surface area contributed by atoms with Crippen LogP contribution in [0.5, 0.6) is 0 Å². The summed E-state index contributed by atoms with van der Waals surface area (Å²) in [4.78, 5) is 20.6. The molecule has 0 aromatic heterocycles. The molecule has 2 amide bonds. The summed E-state index contributed by atoms with van der Waals surface area (Å²) in [7, 11) is 0. The van der Waals surface area contributed by atoms with Crippen molar-refractivity contribution in [1.82, 2.24) is 10.6 Å². The zero-order valence-corrected chi connectivity index (χ0v) is 22.9. The molecule has 38 heavy (non-hydrogen) atoms. The second-order valence-electron chi connectivity index (χ2n) is 11.1. The summed E-state index contributed by atoms with van der Waals surface area (Å²) in [5, 5.41) is 17.5. The Morgan fingerprint density at radius 2 is 1.95 bits per heavy atom. The van der Waals surface area contributed by atoms with E-state index in [0.29, 0.717) is 24.8 Å². The van der Waals surface area contributed by atoms with Gasteiger partial charge in [0.2, 0.25) is 5.90 Å². The number of hydrogen-bond acceptors (Lipinski definition) is 4. The van der Waals surface area contributed by atoms with Crippen molar-refractivity contribution in [3.63, 3.8) is 0 Å². The van der Waals surface area contributed by atoms with Gasteiger partial charge < -0.3 is 20.3 Å². The molecule has 2 heterocycles. The number of hydrogen-bond donors (Lipinski definition) is 3. The number of carbonyl (C=O) groups is 1. The quantitative estimate of drug-likeness (QED) is 0.435. The maximum Gasteiger partial charge on any atom is 0.322 e. The van der Waals surface area contributed by atoms with Crippen LogP contribution in [0.1, 0.15) is 69.1 Å². The number of allylic oxidation sites excluding steroid dienone is 1. The molecule has 2 atom stereocenters. The van der Waals surface area contributed by atoms with Crippen molar-refractivity contribution in [3.8, 4) is 0 Å². The van der Waals surface area contributed by atoms with Crippen molar-refractivity contribution in [2.75, 3.05) is 17.2 Å². The lowest BCUT2D eigenvalue weighted by molar-refractivity contribution is 0.245. The predicted molar refractivity (Wildman–Crippen MR) is 152 cm³/mol. The van der Waals surface area contributed by atoms with Crippen molar-refractivity contribution in [3.05, 3.63) is 64.9 Å². The molecule has 3 N–H and O–H groups in total. The number of anilines is 1. The number of aliphatic imine (C=N–C) groups is 1. The maximum absolute atomic E-state index is 13.5. The van der Waals surface area contributed by atoms with E-state index in [0.717, 1.165) is 71.5 Å². The van der Waals surface area contributed by atoms with Crippen LogP contribution in [-0.4, -0.2) is 40.1 Å². The number of urea groups is 1. The minimum atomic E-state index is -0.979. The lowest BCUT2D eigenvalue weighted by Gasteiger charge is -2.26. The fraction of sp³-hybridized carbons (Fsp3) is 0.467. The molecule has 1 spiro atoms. The lowest BCUT2D eigenvalue weighted by atomic mass is 9.79. The molecule has 2 aliphatic heterocycles. The summed E-state index contributed by atoms with van der Waals surface area (Å²) >= 11 is -0.979. The monoisotopic (exact) mass is 532 g/mol. The summed E-state index contributed by atoms with van der Waals surface area (Å²) in [5.74, 6) is 1.16. The number of benzene rings is 2. The zero-order valence-electron chi connectivity index (χ0n) is 22.1. The van der Waals surface area contributed by atoms with Crippen LogP contribution >= 0.6 is 0 Å². The van der Waals surface area contributed by atoms with Gasteiger partial charge in [-0.1, -0.05) is 31.0 Å². The minimum Gasteiger partial charge on any atom is -0.611 e. The topological polar surface area (TPSA) is 100 Å². The van der Waals surface area contributed by atoms with Gasteiger partial charge in [0.15, 0.2) is 4.90 Å². The maximum atomic E-state index is 13.5. The Bertz CT molecular complexity index is 1300. The van der Waals surface area contributed by atoms with Gasteiger partial charge in [-0.15, -0.1) is 0 Å². The summed E-state index contributed by atoms with van der Waals surface area (Å²) in [6.45, 7) is 4.96. The van der Waals surface area contributed by atoms with Crippen LogP contribution in [-0.2, 0) is 23.1 Å². The van der Waals surface area contributed by atoms with Crippen molar-refractivity contribution in [2.24, 2.45) is 10.9 Å². The number of nitrogens with one attached hydrogen (secondary N) is 2. The van der Waals surface area contributed by atoms with Crippen LogP contribution in [0.3, 0.4) is 0 Å². The smallest absolute Gasteiger partial charge is 0.322 e. The highest BCUT2D eigenvalue weighted by Gasteiger charge is 2.47. The number of aliphatic hydroxyl groups excluding tert-OH is 1. The Kier molecular flexibility index (Phi) is 6.64. The van der Waals surface area contributed by atoms with E-state index in [2.05, 4.69) is 27.8 Å².